The Kier molecular flexibility index (Phi) is 6.56. The lowest BCUT2D eigenvalue weighted by molar-refractivity contribution is -0.153. The number of esters is 1. The van der Waals surface area contributed by atoms with Gasteiger partial charge in [0.1, 0.15) is 12.1 Å². The van der Waals surface area contributed by atoms with Gasteiger partial charge in [-0.15, -0.1) is 0 Å². The summed E-state index contributed by atoms with van der Waals surface area (Å²) < 4.78 is 7.19. The summed E-state index contributed by atoms with van der Waals surface area (Å²) in [4.78, 5) is 29.7. The molecule has 0 aliphatic carbocycles. The molecule has 2 aromatic rings. The molecular formula is C25H36N4O3. The Morgan fingerprint density at radius 2 is 1.78 bits per heavy atom. The number of hydrogen-bond donors (Lipinski definition) is 0. The smallest absolute Gasteiger partial charge is 0.310 e. The van der Waals surface area contributed by atoms with Crippen molar-refractivity contribution in [1.29, 1.82) is 0 Å². The first kappa shape index (κ1) is 22.8. The van der Waals surface area contributed by atoms with Gasteiger partial charge in [-0.25, -0.2) is 0 Å². The van der Waals surface area contributed by atoms with Gasteiger partial charge in [0.25, 0.3) is 0 Å². The number of nitrogens with zero attached hydrogens (tertiary/aromatic N) is 4. The number of fused-ring (bicyclic) bond motifs is 1. The van der Waals surface area contributed by atoms with Crippen molar-refractivity contribution in [3.63, 3.8) is 0 Å². The Bertz CT molecular complexity index is 977. The van der Waals surface area contributed by atoms with Crippen LogP contribution in [-0.4, -0.2) is 69.3 Å². The van der Waals surface area contributed by atoms with Gasteiger partial charge in [-0.3, -0.25) is 14.3 Å². The van der Waals surface area contributed by atoms with E-state index < -0.39 is 5.60 Å². The molecule has 1 amide bonds. The minimum atomic E-state index is -0.497. The van der Waals surface area contributed by atoms with Crippen molar-refractivity contribution in [3.8, 4) is 0 Å². The van der Waals surface area contributed by atoms with Crippen molar-refractivity contribution in [1.82, 2.24) is 19.6 Å². The number of carbonyl (C=O) groups excluding carboxylic acids is 2. The third-order valence-corrected chi connectivity index (χ3v) is 6.54. The predicted molar refractivity (Wildman–Crippen MR) is 124 cm³/mol. The number of aryl methyl sites for hydroxylation is 1. The number of carbonyl (C=O) groups is 2. The maximum atomic E-state index is 12.9. The Morgan fingerprint density at radius 1 is 1.09 bits per heavy atom. The minimum Gasteiger partial charge on any atom is -0.460 e. The molecule has 0 radical (unpaired) electrons. The van der Waals surface area contributed by atoms with E-state index in [1.54, 1.807) is 4.68 Å². The Hall–Kier alpha value is -2.41. The second-order valence-corrected chi connectivity index (χ2v) is 10.3. The molecule has 1 aromatic carbocycles. The third-order valence-electron chi connectivity index (χ3n) is 6.54. The summed E-state index contributed by atoms with van der Waals surface area (Å²) in [6.07, 6.45) is 6.90. The van der Waals surface area contributed by atoms with Gasteiger partial charge in [-0.1, -0.05) is 0 Å². The predicted octanol–water partition coefficient (Wildman–Crippen LogP) is 3.32. The fourth-order valence-electron chi connectivity index (χ4n) is 4.90. The highest BCUT2D eigenvalue weighted by molar-refractivity contribution is 5.83. The minimum absolute atomic E-state index is 0.128. The Morgan fingerprint density at radius 3 is 2.44 bits per heavy atom. The highest BCUT2D eigenvalue weighted by Crippen LogP contribution is 2.23. The van der Waals surface area contributed by atoms with Gasteiger partial charge in [-0.2, -0.15) is 5.10 Å². The molecule has 0 N–H and O–H groups in total. The maximum Gasteiger partial charge on any atom is 0.310 e. The van der Waals surface area contributed by atoms with E-state index in [1.165, 1.54) is 25.9 Å². The topological polar surface area (TPSA) is 67.7 Å². The molecule has 2 aliphatic heterocycles. The number of ether oxygens (including phenoxy) is 1. The molecule has 3 heterocycles. The van der Waals surface area contributed by atoms with Gasteiger partial charge in [0.2, 0.25) is 5.91 Å². The standard InChI is InChI=1S/C25H36N4O3/c1-18-13-22-20(14-19(18)15-24(31)32-25(2,3)4)16-29(26-22)17-23(30)28-11-7-21(8-12-28)27-9-5-6-10-27/h13-14,16,21H,5-12,15,17H2,1-4H3. The molecule has 7 nitrogen and oxygen atoms in total. The largest absolute Gasteiger partial charge is 0.460 e. The summed E-state index contributed by atoms with van der Waals surface area (Å²) in [5.74, 6) is -0.108. The fourth-order valence-corrected chi connectivity index (χ4v) is 4.90. The molecule has 2 aliphatic rings. The van der Waals surface area contributed by atoms with E-state index in [0.29, 0.717) is 6.04 Å². The highest BCUT2D eigenvalue weighted by atomic mass is 16.6. The van der Waals surface area contributed by atoms with Crippen molar-refractivity contribution < 1.29 is 14.3 Å². The van der Waals surface area contributed by atoms with Gasteiger partial charge in [-0.05, 0) is 89.7 Å². The molecule has 7 heteroatoms. The summed E-state index contributed by atoms with van der Waals surface area (Å²) >= 11 is 0. The van der Waals surface area contributed by atoms with Crippen LogP contribution in [-0.2, 0) is 27.3 Å². The molecule has 0 bridgehead atoms. The van der Waals surface area contributed by atoms with Crippen LogP contribution in [0.1, 0.15) is 57.6 Å². The molecule has 1 aromatic heterocycles. The zero-order valence-electron chi connectivity index (χ0n) is 19.9. The Labute approximate surface area is 190 Å². The van der Waals surface area contributed by atoms with Crippen LogP contribution in [0.4, 0.5) is 0 Å². The lowest BCUT2D eigenvalue weighted by Crippen LogP contribution is -2.46. The van der Waals surface area contributed by atoms with Crippen LogP contribution in [0.15, 0.2) is 18.3 Å². The summed E-state index contributed by atoms with van der Waals surface area (Å²) in [5.41, 5.74) is 2.28. The zero-order chi connectivity index (χ0) is 22.9. The van der Waals surface area contributed by atoms with Gasteiger partial charge in [0.05, 0.1) is 11.9 Å². The number of benzene rings is 1. The van der Waals surface area contributed by atoms with E-state index in [1.807, 2.05) is 50.9 Å². The van der Waals surface area contributed by atoms with Crippen LogP contribution in [0.3, 0.4) is 0 Å². The highest BCUT2D eigenvalue weighted by Gasteiger charge is 2.28. The molecule has 4 rings (SSSR count). The summed E-state index contributed by atoms with van der Waals surface area (Å²) in [5, 5.41) is 5.55. The third kappa shape index (κ3) is 5.49. The number of likely N-dealkylation sites (tertiary alicyclic amines) is 2. The van der Waals surface area contributed by atoms with Gasteiger partial charge >= 0.3 is 5.97 Å². The monoisotopic (exact) mass is 440 g/mol. The van der Waals surface area contributed by atoms with Crippen LogP contribution >= 0.6 is 0 Å². The van der Waals surface area contributed by atoms with Gasteiger partial charge in [0, 0.05) is 30.7 Å². The van der Waals surface area contributed by atoms with E-state index >= 15 is 0 Å². The van der Waals surface area contributed by atoms with Crippen molar-refractivity contribution in [3.05, 3.63) is 29.5 Å². The van der Waals surface area contributed by atoms with Crippen LogP contribution in [0.2, 0.25) is 0 Å². The van der Waals surface area contributed by atoms with Gasteiger partial charge < -0.3 is 14.5 Å². The molecular weight excluding hydrogens is 404 g/mol. The molecule has 0 spiro atoms. The normalized spacial score (nSPS) is 18.4. The van der Waals surface area contributed by atoms with E-state index in [2.05, 4.69) is 10.00 Å². The SMILES string of the molecule is Cc1cc2nn(CC(=O)N3CCC(N4CCCC4)CC3)cc2cc1CC(=O)OC(C)(C)C. The fraction of sp³-hybridized carbons (Fsp3) is 0.640. The first-order chi connectivity index (χ1) is 15.2. The average Bonchev–Trinajstić information content (AvgIpc) is 3.36. The van der Waals surface area contributed by atoms with E-state index in [0.717, 1.165) is 48.0 Å². The van der Waals surface area contributed by atoms with Crippen LogP contribution in [0.25, 0.3) is 10.9 Å². The molecule has 2 fully saturated rings. The van der Waals surface area contributed by atoms with Crippen LogP contribution in [0.5, 0.6) is 0 Å². The molecule has 32 heavy (non-hydrogen) atoms. The zero-order valence-corrected chi connectivity index (χ0v) is 19.9. The number of hydrogen-bond acceptors (Lipinski definition) is 5. The first-order valence-corrected chi connectivity index (χ1v) is 11.9. The van der Waals surface area contributed by atoms with Crippen molar-refractivity contribution >= 4 is 22.8 Å². The molecule has 0 saturated carbocycles. The second kappa shape index (κ2) is 9.22. The van der Waals surface area contributed by atoms with Crippen molar-refractivity contribution in [2.45, 2.75) is 78.0 Å². The summed E-state index contributed by atoms with van der Waals surface area (Å²) in [6.45, 7) is 11.9. The molecule has 0 atom stereocenters. The van der Waals surface area contributed by atoms with Gasteiger partial charge in [0.15, 0.2) is 0 Å². The van der Waals surface area contributed by atoms with Crippen molar-refractivity contribution in [2.24, 2.45) is 0 Å². The Balaban J connectivity index is 1.37. The average molecular weight is 441 g/mol. The molecule has 2 saturated heterocycles. The van der Waals surface area contributed by atoms with Crippen molar-refractivity contribution in [2.75, 3.05) is 26.2 Å². The maximum absolute atomic E-state index is 12.9. The van der Waals surface area contributed by atoms with E-state index in [-0.39, 0.29) is 24.8 Å². The number of rotatable bonds is 5. The lowest BCUT2D eigenvalue weighted by Gasteiger charge is -2.36. The van der Waals surface area contributed by atoms with E-state index in [9.17, 15) is 9.59 Å². The number of aromatic nitrogens is 2. The van der Waals surface area contributed by atoms with Crippen LogP contribution in [0, 0.1) is 6.92 Å². The van der Waals surface area contributed by atoms with E-state index in [4.69, 9.17) is 4.74 Å². The first-order valence-electron chi connectivity index (χ1n) is 11.9. The quantitative estimate of drug-likeness (QED) is 0.668. The number of piperidine rings is 1. The molecule has 0 unspecified atom stereocenters. The molecule has 174 valence electrons. The van der Waals surface area contributed by atoms with Crippen LogP contribution < -0.4 is 0 Å². The lowest BCUT2D eigenvalue weighted by atomic mass is 10.0. The summed E-state index contributed by atoms with van der Waals surface area (Å²) in [7, 11) is 0. The second-order valence-electron chi connectivity index (χ2n) is 10.3. The summed E-state index contributed by atoms with van der Waals surface area (Å²) in [6, 6.07) is 4.61. The number of amides is 1.